The summed E-state index contributed by atoms with van der Waals surface area (Å²) in [6.07, 6.45) is 4.68. The Morgan fingerprint density at radius 3 is 2.59 bits per heavy atom. The molecule has 10 atom stereocenters. The van der Waals surface area contributed by atoms with Crippen LogP contribution in [0.25, 0.3) is 0 Å². The van der Waals surface area contributed by atoms with E-state index in [0.717, 1.165) is 21.6 Å². The summed E-state index contributed by atoms with van der Waals surface area (Å²) in [7, 11) is -5.06. The van der Waals surface area contributed by atoms with E-state index in [1.54, 1.807) is 30.4 Å². The van der Waals surface area contributed by atoms with Crippen molar-refractivity contribution in [1.82, 2.24) is 10.6 Å². The van der Waals surface area contributed by atoms with Crippen LogP contribution in [0.1, 0.15) is 86.5 Å². The molecule has 0 bridgehead atoms. The molecule has 1 aliphatic heterocycles. The van der Waals surface area contributed by atoms with Gasteiger partial charge in [-0.2, -0.15) is 0 Å². The number of aliphatic carboxylic acids is 1. The molecule has 1 aromatic heterocycles. The third-order valence-corrected chi connectivity index (χ3v) is 16.3. The zero-order valence-electron chi connectivity index (χ0n) is 35.5. The number of fused-ring (bicyclic) bond motifs is 7. The van der Waals surface area contributed by atoms with Gasteiger partial charge in [0.25, 0.3) is 0 Å². The van der Waals surface area contributed by atoms with Crippen molar-refractivity contribution in [1.29, 1.82) is 0 Å². The predicted octanol–water partition coefficient (Wildman–Crippen LogP) is 4.42. The van der Waals surface area contributed by atoms with Gasteiger partial charge in [0.1, 0.15) is 12.6 Å². The number of alkyl halides is 1. The fourth-order valence-corrected chi connectivity index (χ4v) is 12.8. The number of thiophene rings is 1. The Labute approximate surface area is 382 Å². The first-order valence-electron chi connectivity index (χ1n) is 21.2. The predicted molar refractivity (Wildman–Crippen MR) is 235 cm³/mol. The van der Waals surface area contributed by atoms with Crippen molar-refractivity contribution in [3.63, 3.8) is 0 Å². The topological polar surface area (TPSA) is 264 Å². The van der Waals surface area contributed by atoms with Crippen LogP contribution in [0.15, 0.2) is 54.1 Å². The van der Waals surface area contributed by atoms with Crippen LogP contribution >= 0.6 is 35.1 Å². The third-order valence-electron chi connectivity index (χ3n) is 13.9. The van der Waals surface area contributed by atoms with E-state index in [9.17, 15) is 53.3 Å². The van der Waals surface area contributed by atoms with Gasteiger partial charge in [0.05, 0.1) is 29.0 Å². The Kier molecular flexibility index (Phi) is 14.1. The van der Waals surface area contributed by atoms with Crippen LogP contribution < -0.4 is 16.0 Å². The van der Waals surface area contributed by atoms with Crippen LogP contribution in [-0.4, -0.2) is 97.6 Å². The molecule has 2 aromatic rings. The monoisotopic (exact) mass is 989 g/mol. The van der Waals surface area contributed by atoms with Crippen molar-refractivity contribution in [3.8, 4) is 0 Å². The summed E-state index contributed by atoms with van der Waals surface area (Å²) in [5.74, 6) is -4.15. The molecular weight excluding hydrogens is 937 g/mol. The van der Waals surface area contributed by atoms with Crippen molar-refractivity contribution < 1.29 is 67.3 Å². The number of aliphatic hydroxyl groups excluding tert-OH is 1. The molecule has 1 aromatic carbocycles. The Morgan fingerprint density at radius 1 is 1.12 bits per heavy atom. The van der Waals surface area contributed by atoms with E-state index >= 15 is 0 Å². The lowest BCUT2D eigenvalue weighted by atomic mass is 9.46. The lowest BCUT2D eigenvalue weighted by Crippen LogP contribution is -2.63. The molecule has 64 heavy (non-hydrogen) atoms. The van der Waals surface area contributed by atoms with Crippen molar-refractivity contribution in [2.24, 2.45) is 28.6 Å². The summed E-state index contributed by atoms with van der Waals surface area (Å²) >= 11 is 4.44. The number of benzene rings is 1. The number of rotatable bonds is 17. The number of nitrogens with one attached hydrogen (secondary N) is 3. The third kappa shape index (κ3) is 9.38. The molecule has 7 rings (SSSR count). The fraction of sp³-hybridized carbons (Fsp3) is 0.545. The van der Waals surface area contributed by atoms with Crippen molar-refractivity contribution in [2.75, 3.05) is 23.8 Å². The quantitative estimate of drug-likeness (QED) is 0.0855. The minimum absolute atomic E-state index is 0.0217. The first-order valence-corrected chi connectivity index (χ1v) is 24.7. The van der Waals surface area contributed by atoms with Gasteiger partial charge in [-0.1, -0.05) is 60.5 Å². The maximum atomic E-state index is 14.5. The number of carbonyl (C=O) groups is 6. The highest BCUT2D eigenvalue weighted by Gasteiger charge is 2.76. The number of carbonyl (C=O) groups excluding carboxylic acids is 5. The molecule has 346 valence electrons. The molecule has 17 nitrogen and oxygen atoms in total. The Hall–Kier alpha value is -3.91. The highest BCUT2D eigenvalue weighted by Crippen LogP contribution is 2.70. The van der Waals surface area contributed by atoms with Gasteiger partial charge in [-0.25, -0.2) is 4.57 Å². The fourth-order valence-electron chi connectivity index (χ4n) is 11.2. The normalized spacial score (nSPS) is 30.9. The number of aliphatic hydroxyl groups is 1. The molecule has 4 aliphatic carbocycles. The van der Waals surface area contributed by atoms with Gasteiger partial charge in [0, 0.05) is 33.7 Å². The number of allylic oxidation sites excluding steroid dienone is 4. The number of anilines is 1. The number of amides is 3. The van der Waals surface area contributed by atoms with E-state index in [0.29, 0.717) is 42.7 Å². The molecule has 2 heterocycles. The number of carboxylic acids is 1. The first kappa shape index (κ1) is 48.0. The van der Waals surface area contributed by atoms with Gasteiger partial charge >= 0.3 is 13.8 Å². The van der Waals surface area contributed by atoms with E-state index in [2.05, 4.69) is 31.9 Å². The van der Waals surface area contributed by atoms with Gasteiger partial charge in [0.15, 0.2) is 23.5 Å². The lowest BCUT2D eigenvalue weighted by molar-refractivity contribution is -0.200. The van der Waals surface area contributed by atoms with Crippen LogP contribution in [0.2, 0.25) is 0 Å². The van der Waals surface area contributed by atoms with Gasteiger partial charge in [-0.15, -0.1) is 11.3 Å². The van der Waals surface area contributed by atoms with E-state index in [1.807, 2.05) is 39.0 Å². The van der Waals surface area contributed by atoms with Crippen LogP contribution in [0, 0.1) is 28.6 Å². The summed E-state index contributed by atoms with van der Waals surface area (Å²) in [5.41, 5.74) is -0.190. The molecule has 4 fully saturated rings. The van der Waals surface area contributed by atoms with Gasteiger partial charge in [-0.05, 0) is 98.3 Å². The number of hydrogen-bond acceptors (Lipinski definition) is 12. The van der Waals surface area contributed by atoms with Crippen LogP contribution in [0.4, 0.5) is 5.69 Å². The number of Topliss-reactive ketones (excluding diaryl/α,β-unsaturated/α-hetero) is 1. The number of ketones is 2. The van der Waals surface area contributed by atoms with Crippen LogP contribution in [0.5, 0.6) is 0 Å². The van der Waals surface area contributed by atoms with Crippen molar-refractivity contribution in [3.05, 3.63) is 75.0 Å². The summed E-state index contributed by atoms with van der Waals surface area (Å²) in [5, 5.41) is 29.0. The SMILES string of the molecule is CCc1sc([C@@H]2O[C@@H]3C[C@H]4[C@@H]5CCC6=CC(=O)C=C[C@]6(C)[C@H]5[C@@H](O)C[C@]4(C)[C@]3(C(=O)COP(=O)(O)O)O2)cc1Cc1cccc(NC(=O)[C@H](CCC(=O)O)NC(=O)CNC(=O)CBr)c1. The molecule has 1 saturated heterocycles. The standard InChI is InChI=1S/C44H53BrN3O14PS/c1-4-32-24(14-23-6-5-7-26(15-23)47-40(56)30(10-11-38(54)55)48-37(53)21-46-36(52)20-45)16-33(64-32)41-61-35-18-29-28-9-8-25-17-27(49)12-13-42(25,2)39(28)31(50)19-43(29,3)44(35,62-41)34(51)22-60-63(57,58)59/h5-7,12-13,15-17,28-31,35,39,41,50H,4,8-11,14,18-22H2,1-3H3,(H,46,52)(H,47,56)(H,48,53)(H,54,55)(H2,57,58,59)/t28-,29-,30-,31-,35+,39+,41+,42-,43-,44+/m0/s1. The average molecular weight is 991 g/mol. The number of carboxylic acid groups (broad SMARTS) is 1. The molecular formula is C44H53BrN3O14PS. The number of aryl methyl sites for hydroxylation is 1. The van der Waals surface area contributed by atoms with E-state index in [-0.39, 0.29) is 48.1 Å². The van der Waals surface area contributed by atoms with Crippen molar-refractivity contribution in [2.45, 2.75) is 102 Å². The zero-order chi connectivity index (χ0) is 46.4. The van der Waals surface area contributed by atoms with E-state index in [4.69, 9.17) is 14.0 Å². The minimum Gasteiger partial charge on any atom is -0.481 e. The second kappa shape index (κ2) is 18.8. The second-order valence-electron chi connectivity index (χ2n) is 17.7. The molecule has 7 N–H and O–H groups in total. The highest BCUT2D eigenvalue weighted by atomic mass is 79.9. The number of phosphoric acid groups is 1. The van der Waals surface area contributed by atoms with Crippen LogP contribution in [0.3, 0.4) is 0 Å². The van der Waals surface area contributed by atoms with Gasteiger partial charge in [-0.3, -0.25) is 33.3 Å². The Bertz CT molecular complexity index is 2330. The van der Waals surface area contributed by atoms with Gasteiger partial charge in [0.2, 0.25) is 17.7 Å². The molecule has 0 unspecified atom stereocenters. The zero-order valence-corrected chi connectivity index (χ0v) is 38.8. The second-order valence-corrected chi connectivity index (χ2v) is 20.7. The number of ether oxygens (including phenoxy) is 2. The smallest absolute Gasteiger partial charge is 0.470 e. The molecule has 3 amide bonds. The van der Waals surface area contributed by atoms with Crippen molar-refractivity contribution >= 4 is 76.0 Å². The summed E-state index contributed by atoms with van der Waals surface area (Å²) < 4.78 is 30.3. The number of halogens is 1. The van der Waals surface area contributed by atoms with Crippen LogP contribution in [-0.2, 0) is 60.2 Å². The maximum Gasteiger partial charge on any atom is 0.470 e. The van der Waals surface area contributed by atoms with E-state index in [1.165, 1.54) is 11.3 Å². The lowest BCUT2D eigenvalue weighted by Gasteiger charge is -2.59. The molecule has 3 saturated carbocycles. The van der Waals surface area contributed by atoms with Gasteiger partial charge < -0.3 is 45.4 Å². The number of hydrogen-bond donors (Lipinski definition) is 7. The Balaban J connectivity index is 1.11. The molecule has 0 radical (unpaired) electrons. The maximum absolute atomic E-state index is 14.5. The highest BCUT2D eigenvalue weighted by molar-refractivity contribution is 9.09. The molecule has 20 heteroatoms. The largest absolute Gasteiger partial charge is 0.481 e. The summed E-state index contributed by atoms with van der Waals surface area (Å²) in [6, 6.07) is 7.78. The molecule has 5 aliphatic rings. The number of phosphoric ester groups is 1. The summed E-state index contributed by atoms with van der Waals surface area (Å²) in [6.45, 7) is 4.62. The van der Waals surface area contributed by atoms with E-state index < -0.39 is 91.4 Å². The first-order chi connectivity index (χ1) is 30.2. The summed E-state index contributed by atoms with van der Waals surface area (Å²) in [4.78, 5) is 96.6. The molecule has 0 spiro atoms. The average Bonchev–Trinajstić information content (AvgIpc) is 3.90. The Morgan fingerprint density at radius 2 is 1.89 bits per heavy atom. The minimum atomic E-state index is -5.06.